The molecule has 0 bridgehead atoms. The normalized spacial score (nSPS) is 11.9. The first-order valence-corrected chi connectivity index (χ1v) is 5.95. The predicted octanol–water partition coefficient (Wildman–Crippen LogP) is 0.597. The van der Waals surface area contributed by atoms with E-state index in [4.69, 9.17) is 15.9 Å². The topological polar surface area (TPSA) is 113 Å². The monoisotopic (exact) mass is 316 g/mol. The number of rotatable bonds is 5. The largest absolute Gasteiger partial charge is 0.479 e. The van der Waals surface area contributed by atoms with Crippen LogP contribution in [0.3, 0.4) is 0 Å². The Hall–Kier alpha value is -1.60. The van der Waals surface area contributed by atoms with Crippen molar-refractivity contribution in [2.45, 2.75) is 12.5 Å². The summed E-state index contributed by atoms with van der Waals surface area (Å²) in [4.78, 5) is 22.0. The van der Waals surface area contributed by atoms with Crippen LogP contribution in [0.2, 0.25) is 0 Å². The van der Waals surface area contributed by atoms with Gasteiger partial charge in [-0.05, 0) is 34.1 Å². The van der Waals surface area contributed by atoms with Crippen molar-refractivity contribution in [2.24, 2.45) is 0 Å². The lowest BCUT2D eigenvalue weighted by atomic mass is 10.2. The molecule has 0 aliphatic rings. The van der Waals surface area contributed by atoms with Crippen LogP contribution < -0.4 is 11.1 Å². The number of halogens is 1. The van der Waals surface area contributed by atoms with Crippen molar-refractivity contribution in [2.75, 3.05) is 12.3 Å². The summed E-state index contributed by atoms with van der Waals surface area (Å²) in [6, 6.07) is 4.74. The molecule has 0 spiro atoms. The minimum Gasteiger partial charge on any atom is -0.479 e. The number of carbonyl (C=O) groups excluding carboxylic acids is 1. The van der Waals surface area contributed by atoms with E-state index in [1.807, 2.05) is 0 Å². The average molecular weight is 317 g/mol. The SMILES string of the molecule is Nc1cc(C(=O)NCCC(O)C(=O)O)ccc1Br. The van der Waals surface area contributed by atoms with Gasteiger partial charge in [0.05, 0.1) is 0 Å². The fraction of sp³-hybridized carbons (Fsp3) is 0.273. The number of hydrogen-bond donors (Lipinski definition) is 4. The molecule has 6 nitrogen and oxygen atoms in total. The number of aliphatic hydroxyl groups excluding tert-OH is 1. The highest BCUT2D eigenvalue weighted by Crippen LogP contribution is 2.20. The van der Waals surface area contributed by atoms with Gasteiger partial charge in [-0.1, -0.05) is 0 Å². The zero-order valence-electron chi connectivity index (χ0n) is 9.39. The van der Waals surface area contributed by atoms with Gasteiger partial charge in [-0.3, -0.25) is 4.79 Å². The van der Waals surface area contributed by atoms with Crippen LogP contribution in [0.25, 0.3) is 0 Å². The molecule has 1 atom stereocenters. The summed E-state index contributed by atoms with van der Waals surface area (Å²) in [7, 11) is 0. The van der Waals surface area contributed by atoms with E-state index in [0.29, 0.717) is 15.7 Å². The summed E-state index contributed by atoms with van der Waals surface area (Å²) in [5, 5.41) is 20.0. The number of carbonyl (C=O) groups is 2. The van der Waals surface area contributed by atoms with Gasteiger partial charge in [0.25, 0.3) is 5.91 Å². The average Bonchev–Trinajstić information content (AvgIpc) is 2.32. The summed E-state index contributed by atoms with van der Waals surface area (Å²) in [6.45, 7) is 0.0717. The second-order valence-electron chi connectivity index (χ2n) is 3.63. The summed E-state index contributed by atoms with van der Waals surface area (Å²) >= 11 is 3.21. The first-order valence-electron chi connectivity index (χ1n) is 5.16. The van der Waals surface area contributed by atoms with Gasteiger partial charge < -0.3 is 21.3 Å². The number of anilines is 1. The van der Waals surface area contributed by atoms with Crippen LogP contribution in [0.5, 0.6) is 0 Å². The molecule has 5 N–H and O–H groups in total. The molecule has 1 rings (SSSR count). The quantitative estimate of drug-likeness (QED) is 0.594. The van der Waals surface area contributed by atoms with Gasteiger partial charge in [0.1, 0.15) is 0 Å². The first-order chi connectivity index (χ1) is 8.41. The van der Waals surface area contributed by atoms with Crippen molar-refractivity contribution >= 4 is 33.5 Å². The highest BCUT2D eigenvalue weighted by atomic mass is 79.9. The smallest absolute Gasteiger partial charge is 0.332 e. The number of aliphatic hydroxyl groups is 1. The predicted molar refractivity (Wildman–Crippen MR) is 69.1 cm³/mol. The number of carboxylic acid groups (broad SMARTS) is 1. The van der Waals surface area contributed by atoms with E-state index >= 15 is 0 Å². The maximum atomic E-state index is 11.6. The Balaban J connectivity index is 2.50. The Bertz CT molecular complexity index is 464. The Kier molecular flexibility index (Phi) is 5.11. The molecule has 0 radical (unpaired) electrons. The lowest BCUT2D eigenvalue weighted by molar-refractivity contribution is -0.146. The van der Waals surface area contributed by atoms with Gasteiger partial charge in [0.2, 0.25) is 0 Å². The van der Waals surface area contributed by atoms with E-state index in [0.717, 1.165) is 0 Å². The van der Waals surface area contributed by atoms with Crippen LogP contribution >= 0.6 is 15.9 Å². The molecular formula is C11H13BrN2O4. The number of carboxylic acids is 1. The van der Waals surface area contributed by atoms with Crippen molar-refractivity contribution in [3.8, 4) is 0 Å². The number of nitrogens with two attached hydrogens (primary N) is 1. The molecule has 0 fully saturated rings. The number of aliphatic carboxylic acids is 1. The lowest BCUT2D eigenvalue weighted by Crippen LogP contribution is -2.30. The van der Waals surface area contributed by atoms with Crippen LogP contribution in [0.15, 0.2) is 22.7 Å². The summed E-state index contributed by atoms with van der Waals surface area (Å²) in [5.41, 5.74) is 6.44. The first kappa shape index (κ1) is 14.5. The minimum atomic E-state index is -1.47. The molecule has 1 aromatic carbocycles. The molecule has 7 heteroatoms. The zero-order chi connectivity index (χ0) is 13.7. The molecule has 0 aliphatic heterocycles. The van der Waals surface area contributed by atoms with Crippen molar-refractivity contribution in [1.29, 1.82) is 0 Å². The standard InChI is InChI=1S/C11H13BrN2O4/c12-7-2-1-6(5-8(7)13)10(16)14-4-3-9(15)11(17)18/h1-2,5,9,15H,3-4,13H2,(H,14,16)(H,17,18). The minimum absolute atomic E-state index is 0.0485. The van der Waals surface area contributed by atoms with Gasteiger partial charge in [0.15, 0.2) is 6.10 Å². The molecule has 1 unspecified atom stereocenters. The Morgan fingerprint density at radius 2 is 2.11 bits per heavy atom. The molecule has 1 amide bonds. The Morgan fingerprint density at radius 3 is 2.67 bits per heavy atom. The van der Waals surface area contributed by atoms with E-state index in [1.165, 1.54) is 6.07 Å². The van der Waals surface area contributed by atoms with Crippen LogP contribution in [0.4, 0.5) is 5.69 Å². The van der Waals surface area contributed by atoms with Crippen molar-refractivity contribution in [1.82, 2.24) is 5.32 Å². The van der Waals surface area contributed by atoms with Crippen molar-refractivity contribution < 1.29 is 19.8 Å². The van der Waals surface area contributed by atoms with Gasteiger partial charge in [-0.25, -0.2) is 4.79 Å². The third-order valence-electron chi connectivity index (χ3n) is 2.25. The molecule has 0 aliphatic carbocycles. The molecule has 0 aromatic heterocycles. The fourth-order valence-corrected chi connectivity index (χ4v) is 1.48. The highest BCUT2D eigenvalue weighted by molar-refractivity contribution is 9.10. The second-order valence-corrected chi connectivity index (χ2v) is 4.49. The van der Waals surface area contributed by atoms with Crippen LogP contribution in [-0.2, 0) is 4.79 Å². The molecule has 0 heterocycles. The summed E-state index contributed by atoms with van der Waals surface area (Å²) in [6.07, 6.45) is -1.52. The van der Waals surface area contributed by atoms with Crippen LogP contribution in [-0.4, -0.2) is 34.7 Å². The van der Waals surface area contributed by atoms with Crippen molar-refractivity contribution in [3.63, 3.8) is 0 Å². The number of benzene rings is 1. The molecule has 0 saturated heterocycles. The maximum Gasteiger partial charge on any atom is 0.332 e. The lowest BCUT2D eigenvalue weighted by Gasteiger charge is -2.08. The van der Waals surface area contributed by atoms with Gasteiger partial charge >= 0.3 is 5.97 Å². The van der Waals surface area contributed by atoms with Crippen molar-refractivity contribution in [3.05, 3.63) is 28.2 Å². The summed E-state index contributed by atoms with van der Waals surface area (Å²) < 4.78 is 0.695. The number of nitrogen functional groups attached to an aromatic ring is 1. The number of amides is 1. The highest BCUT2D eigenvalue weighted by Gasteiger charge is 2.13. The van der Waals surface area contributed by atoms with Crippen LogP contribution in [0, 0.1) is 0 Å². The molecule has 0 saturated carbocycles. The third-order valence-corrected chi connectivity index (χ3v) is 2.97. The van der Waals surface area contributed by atoms with Gasteiger partial charge in [-0.15, -0.1) is 0 Å². The zero-order valence-corrected chi connectivity index (χ0v) is 11.0. The van der Waals surface area contributed by atoms with E-state index in [-0.39, 0.29) is 18.9 Å². The molecule has 98 valence electrons. The van der Waals surface area contributed by atoms with Gasteiger partial charge in [-0.2, -0.15) is 0 Å². The number of nitrogens with one attached hydrogen (secondary N) is 1. The molecule has 1 aromatic rings. The van der Waals surface area contributed by atoms with E-state index in [2.05, 4.69) is 21.2 Å². The van der Waals surface area contributed by atoms with E-state index in [9.17, 15) is 9.59 Å². The third kappa shape index (κ3) is 4.01. The molecular weight excluding hydrogens is 304 g/mol. The second kappa shape index (κ2) is 6.36. The van der Waals surface area contributed by atoms with E-state index < -0.39 is 12.1 Å². The van der Waals surface area contributed by atoms with E-state index in [1.54, 1.807) is 12.1 Å². The number of hydrogen-bond acceptors (Lipinski definition) is 4. The fourth-order valence-electron chi connectivity index (χ4n) is 1.23. The molecule has 18 heavy (non-hydrogen) atoms. The van der Waals surface area contributed by atoms with Crippen LogP contribution in [0.1, 0.15) is 16.8 Å². The summed E-state index contributed by atoms with van der Waals surface area (Å²) in [5.74, 6) is -1.68. The van der Waals surface area contributed by atoms with Gasteiger partial charge in [0, 0.05) is 28.7 Å². The maximum absolute atomic E-state index is 11.6. The Labute approximate surface area is 112 Å². The Morgan fingerprint density at radius 1 is 1.44 bits per heavy atom.